The van der Waals surface area contributed by atoms with Gasteiger partial charge in [0, 0.05) is 53.8 Å². The van der Waals surface area contributed by atoms with Crippen molar-refractivity contribution in [3.05, 3.63) is 7.11 Å². The van der Waals surface area contributed by atoms with Crippen molar-refractivity contribution < 1.29 is 58.9 Å². The van der Waals surface area contributed by atoms with Crippen LogP contribution in [0.25, 0.3) is 0 Å². The van der Waals surface area contributed by atoms with Crippen molar-refractivity contribution in [1.82, 2.24) is 0 Å². The van der Waals surface area contributed by atoms with Gasteiger partial charge >= 0.3 is 0 Å². The van der Waals surface area contributed by atoms with E-state index in [1.807, 2.05) is 0 Å². The van der Waals surface area contributed by atoms with Crippen LogP contribution in [0.3, 0.4) is 0 Å². The Balaban J connectivity index is -0.00000000500. The van der Waals surface area contributed by atoms with Gasteiger partial charge in [-0.3, -0.25) is 0 Å². The Kier molecular flexibility index (Phi) is 93.4. The molecular formula is CH3OWY-. The number of rotatable bonds is 0. The summed E-state index contributed by atoms with van der Waals surface area (Å²) in [5, 5.41) is 6.75. The van der Waals surface area contributed by atoms with Crippen LogP contribution in [0.5, 0.6) is 0 Å². The molecule has 0 aliphatic carbocycles. The fourth-order valence-electron chi connectivity index (χ4n) is 0. The summed E-state index contributed by atoms with van der Waals surface area (Å²) in [7, 11) is 2.25. The molecule has 0 spiro atoms. The largest absolute Gasteiger partial charge is 0.569 e. The second kappa shape index (κ2) is 21.8. The van der Waals surface area contributed by atoms with Gasteiger partial charge in [-0.2, -0.15) is 0 Å². The molecule has 0 saturated carbocycles. The molecule has 0 fully saturated rings. The van der Waals surface area contributed by atoms with E-state index < -0.39 is 0 Å². The molecule has 23 valence electrons. The third-order valence-corrected chi connectivity index (χ3v) is 0. The van der Waals surface area contributed by atoms with E-state index >= 15 is 0 Å². The Morgan fingerprint density at radius 3 is 1.25 bits per heavy atom. The summed E-state index contributed by atoms with van der Waals surface area (Å²) in [5.74, 6) is 0. The fourth-order valence-corrected chi connectivity index (χ4v) is 0. The topological polar surface area (TPSA) is 20.2 Å². The summed E-state index contributed by atoms with van der Waals surface area (Å²) in [6, 6.07) is 0. The van der Waals surface area contributed by atoms with E-state index in [-0.39, 0.29) is 53.8 Å². The standard InChI is InChI=1S/CH3O.W.Y/c1-2;;/h2H,1H2;;/q-1;;. The Morgan fingerprint density at radius 1 is 1.25 bits per heavy atom. The number of aliphatic hydroxyl groups excluding tert-OH is 1. The average Bonchev–Trinajstić information content (AvgIpc) is 1.00. The van der Waals surface area contributed by atoms with E-state index in [1.54, 1.807) is 0 Å². The van der Waals surface area contributed by atoms with Crippen LogP contribution in [0.15, 0.2) is 0 Å². The van der Waals surface area contributed by atoms with Gasteiger partial charge in [0.25, 0.3) is 0 Å². The van der Waals surface area contributed by atoms with E-state index in [4.69, 9.17) is 5.11 Å². The molecule has 1 nitrogen and oxygen atoms in total. The molecule has 0 unspecified atom stereocenters. The Labute approximate surface area is 65.3 Å². The molecule has 1 radical (unpaired) electrons. The molecule has 0 aliphatic rings. The summed E-state index contributed by atoms with van der Waals surface area (Å²) in [6.45, 7) is 0. The van der Waals surface area contributed by atoms with Crippen molar-refractivity contribution in [2.75, 3.05) is 0 Å². The van der Waals surface area contributed by atoms with Gasteiger partial charge < -0.3 is 5.11 Å². The van der Waals surface area contributed by atoms with Gasteiger partial charge in [-0.15, -0.1) is 0 Å². The fraction of sp³-hybridized carbons (Fsp3) is 0. The van der Waals surface area contributed by atoms with E-state index in [0.29, 0.717) is 0 Å². The first-order valence-electron chi connectivity index (χ1n) is 0.316. The summed E-state index contributed by atoms with van der Waals surface area (Å²) < 4.78 is 0. The van der Waals surface area contributed by atoms with E-state index in [2.05, 4.69) is 7.11 Å². The van der Waals surface area contributed by atoms with E-state index in [1.165, 1.54) is 0 Å². The molecule has 0 rings (SSSR count). The van der Waals surface area contributed by atoms with Crippen LogP contribution >= 0.6 is 0 Å². The maximum absolute atomic E-state index is 6.75. The van der Waals surface area contributed by atoms with Gasteiger partial charge in [0.1, 0.15) is 0 Å². The quantitative estimate of drug-likeness (QED) is 0.632. The van der Waals surface area contributed by atoms with Gasteiger partial charge in [-0.1, -0.05) is 0 Å². The molecule has 0 heterocycles. The van der Waals surface area contributed by atoms with Gasteiger partial charge in [-0.25, -0.2) is 7.11 Å². The first-order chi connectivity index (χ1) is 1.00. The van der Waals surface area contributed by atoms with Gasteiger partial charge in [0.05, 0.1) is 0 Å². The Bertz CT molecular complexity index is 8.00. The van der Waals surface area contributed by atoms with Crippen molar-refractivity contribution >= 4 is 0 Å². The molecular weight excluding hydrogens is 301 g/mol. The summed E-state index contributed by atoms with van der Waals surface area (Å²) in [5.41, 5.74) is 0. The molecule has 0 aromatic rings. The van der Waals surface area contributed by atoms with Crippen LogP contribution in [0.4, 0.5) is 0 Å². The number of hydrogen-bond acceptors (Lipinski definition) is 1. The smallest absolute Gasteiger partial charge is 0 e. The van der Waals surface area contributed by atoms with Crippen LogP contribution in [-0.4, -0.2) is 5.11 Å². The maximum atomic E-state index is 6.75. The van der Waals surface area contributed by atoms with Gasteiger partial charge in [0.15, 0.2) is 0 Å². The van der Waals surface area contributed by atoms with Crippen molar-refractivity contribution in [2.24, 2.45) is 0 Å². The minimum atomic E-state index is 0. The molecule has 4 heavy (non-hydrogen) atoms. The molecule has 0 aliphatic heterocycles. The molecule has 1 N–H and O–H groups in total. The summed E-state index contributed by atoms with van der Waals surface area (Å²) in [4.78, 5) is 0. The predicted octanol–water partition coefficient (Wildman–Crippen LogP) is 0.145. The van der Waals surface area contributed by atoms with Crippen molar-refractivity contribution in [2.45, 2.75) is 0 Å². The van der Waals surface area contributed by atoms with Crippen molar-refractivity contribution in [3.63, 3.8) is 0 Å². The molecule has 3 heteroatoms. The van der Waals surface area contributed by atoms with E-state index in [9.17, 15) is 0 Å². The zero-order valence-corrected chi connectivity index (χ0v) is 7.91. The minimum absolute atomic E-state index is 0. The predicted molar refractivity (Wildman–Crippen MR) is 7.29 cm³/mol. The van der Waals surface area contributed by atoms with E-state index in [0.717, 1.165) is 0 Å². The normalized spacial score (nSPS) is 1.50. The Morgan fingerprint density at radius 2 is 1.25 bits per heavy atom. The Hall–Kier alpha value is 1.75. The zero-order valence-electron chi connectivity index (χ0n) is 2.14. The van der Waals surface area contributed by atoms with Crippen LogP contribution in [0, 0.1) is 7.11 Å². The monoisotopic (exact) mass is 304 g/mol. The van der Waals surface area contributed by atoms with Crippen LogP contribution in [-0.2, 0) is 53.8 Å². The molecule has 0 atom stereocenters. The number of hydrogen-bond donors (Lipinski definition) is 1. The third-order valence-electron chi connectivity index (χ3n) is 0. The first kappa shape index (κ1) is 17.1. The minimum Gasteiger partial charge on any atom is -0.569 e. The SMILES string of the molecule is [CH2-]O.[W].[Y]. The number of aliphatic hydroxyl groups is 1. The maximum Gasteiger partial charge on any atom is 0 e. The van der Waals surface area contributed by atoms with Crippen molar-refractivity contribution in [3.8, 4) is 0 Å². The second-order valence-electron chi connectivity index (χ2n) is 0. The average molecular weight is 304 g/mol. The first-order valence-corrected chi connectivity index (χ1v) is 0.316. The summed E-state index contributed by atoms with van der Waals surface area (Å²) >= 11 is 0. The van der Waals surface area contributed by atoms with Crippen LogP contribution in [0.2, 0.25) is 0 Å². The molecule has 0 bridgehead atoms. The molecule has 0 amide bonds. The molecule has 0 aromatic heterocycles. The van der Waals surface area contributed by atoms with Crippen LogP contribution in [0.1, 0.15) is 0 Å². The zero-order chi connectivity index (χ0) is 2.00. The second-order valence-corrected chi connectivity index (χ2v) is 0. The molecule has 0 saturated heterocycles. The van der Waals surface area contributed by atoms with Gasteiger partial charge in [-0.05, 0) is 0 Å². The van der Waals surface area contributed by atoms with Gasteiger partial charge in [0.2, 0.25) is 0 Å². The van der Waals surface area contributed by atoms with Crippen LogP contribution < -0.4 is 0 Å². The van der Waals surface area contributed by atoms with Crippen molar-refractivity contribution in [1.29, 1.82) is 0 Å². The molecule has 0 aromatic carbocycles. The summed E-state index contributed by atoms with van der Waals surface area (Å²) in [6.07, 6.45) is 0. The third kappa shape index (κ3) is 9.26.